The molecule has 2 aromatic rings. The molecule has 0 bridgehead atoms. The summed E-state index contributed by atoms with van der Waals surface area (Å²) in [6, 6.07) is 8.42. The number of halogens is 3. The number of rotatable bonds is 2. The number of nitrogens with one attached hydrogen (secondary N) is 1. The molecule has 2 nitrogen and oxygen atoms in total. The van der Waals surface area contributed by atoms with Crippen LogP contribution in [-0.2, 0) is 0 Å². The van der Waals surface area contributed by atoms with Crippen molar-refractivity contribution >= 4 is 11.6 Å². The fraction of sp³-hybridized carbons (Fsp3) is 0. The number of hydrogen-bond acceptors (Lipinski definition) is 1. The maximum atomic E-state index is 13.3. The topological polar surface area (TPSA) is 29.1 Å². The molecule has 0 heterocycles. The molecule has 0 aliphatic heterocycles. The number of carbonyl (C=O) groups is 1. The van der Waals surface area contributed by atoms with Crippen LogP contribution in [0.15, 0.2) is 42.5 Å². The van der Waals surface area contributed by atoms with Crippen molar-refractivity contribution in [3.63, 3.8) is 0 Å². The van der Waals surface area contributed by atoms with Gasteiger partial charge in [0.1, 0.15) is 23.0 Å². The normalized spacial score (nSPS) is 10.2. The lowest BCUT2D eigenvalue weighted by atomic mass is 10.1. The first-order valence-corrected chi connectivity index (χ1v) is 5.09. The van der Waals surface area contributed by atoms with Gasteiger partial charge in [-0.25, -0.2) is 13.2 Å². The van der Waals surface area contributed by atoms with Gasteiger partial charge in [0.15, 0.2) is 0 Å². The summed E-state index contributed by atoms with van der Waals surface area (Å²) in [5, 5.41) is 2.11. The van der Waals surface area contributed by atoms with Crippen molar-refractivity contribution in [2.45, 2.75) is 0 Å². The van der Waals surface area contributed by atoms with Crippen molar-refractivity contribution in [3.8, 4) is 0 Å². The standard InChI is InChI=1S/C13H8F3NO/c14-8-4-1-2-7-11(8)17-13(18)12-9(15)5-3-6-10(12)16/h1-7H,(H,17,18). The molecule has 0 atom stereocenters. The molecular weight excluding hydrogens is 243 g/mol. The molecule has 0 aliphatic rings. The van der Waals surface area contributed by atoms with Crippen LogP contribution in [0.2, 0.25) is 0 Å². The minimum absolute atomic E-state index is 0.134. The molecule has 2 aromatic carbocycles. The highest BCUT2D eigenvalue weighted by Gasteiger charge is 2.17. The van der Waals surface area contributed by atoms with E-state index in [1.165, 1.54) is 18.2 Å². The third-order valence-electron chi connectivity index (χ3n) is 2.31. The van der Waals surface area contributed by atoms with E-state index >= 15 is 0 Å². The van der Waals surface area contributed by atoms with E-state index in [-0.39, 0.29) is 5.69 Å². The molecule has 18 heavy (non-hydrogen) atoms. The summed E-state index contributed by atoms with van der Waals surface area (Å²) < 4.78 is 39.9. The average molecular weight is 251 g/mol. The zero-order valence-corrected chi connectivity index (χ0v) is 9.08. The first-order chi connectivity index (χ1) is 8.59. The van der Waals surface area contributed by atoms with E-state index < -0.39 is 28.9 Å². The molecule has 0 saturated carbocycles. The Kier molecular flexibility index (Phi) is 3.32. The van der Waals surface area contributed by atoms with Gasteiger partial charge >= 0.3 is 0 Å². The molecule has 2 rings (SSSR count). The Morgan fingerprint density at radius 3 is 2.00 bits per heavy atom. The van der Waals surface area contributed by atoms with Gasteiger partial charge in [0, 0.05) is 0 Å². The first kappa shape index (κ1) is 12.2. The summed E-state index contributed by atoms with van der Waals surface area (Å²) in [5.74, 6) is -3.70. The summed E-state index contributed by atoms with van der Waals surface area (Å²) in [7, 11) is 0. The summed E-state index contributed by atoms with van der Waals surface area (Å²) in [5.41, 5.74) is -0.870. The van der Waals surface area contributed by atoms with Crippen LogP contribution in [0.4, 0.5) is 18.9 Å². The number of para-hydroxylation sites is 1. The summed E-state index contributed by atoms with van der Waals surface area (Å²) >= 11 is 0. The first-order valence-electron chi connectivity index (χ1n) is 5.09. The molecule has 0 unspecified atom stereocenters. The number of hydrogen-bond donors (Lipinski definition) is 1. The molecule has 0 spiro atoms. The van der Waals surface area contributed by atoms with Gasteiger partial charge in [0.2, 0.25) is 0 Å². The molecule has 5 heteroatoms. The summed E-state index contributed by atoms with van der Waals surface area (Å²) in [6.45, 7) is 0. The lowest BCUT2D eigenvalue weighted by Crippen LogP contribution is -2.16. The minimum atomic E-state index is -1.03. The van der Waals surface area contributed by atoms with Gasteiger partial charge in [0.25, 0.3) is 5.91 Å². The Morgan fingerprint density at radius 2 is 1.39 bits per heavy atom. The van der Waals surface area contributed by atoms with E-state index in [9.17, 15) is 18.0 Å². The lowest BCUT2D eigenvalue weighted by molar-refractivity contribution is 0.101. The fourth-order valence-electron chi connectivity index (χ4n) is 1.46. The third kappa shape index (κ3) is 2.34. The van der Waals surface area contributed by atoms with Crippen LogP contribution in [0.25, 0.3) is 0 Å². The van der Waals surface area contributed by atoms with Gasteiger partial charge in [-0.1, -0.05) is 18.2 Å². The zero-order chi connectivity index (χ0) is 13.1. The van der Waals surface area contributed by atoms with E-state index in [0.717, 1.165) is 24.3 Å². The highest BCUT2D eigenvalue weighted by molar-refractivity contribution is 6.04. The SMILES string of the molecule is O=C(Nc1ccccc1F)c1c(F)cccc1F. The molecule has 0 aromatic heterocycles. The molecule has 1 amide bonds. The van der Waals surface area contributed by atoms with Crippen molar-refractivity contribution in [3.05, 3.63) is 65.5 Å². The van der Waals surface area contributed by atoms with Crippen LogP contribution >= 0.6 is 0 Å². The number of anilines is 1. The fourth-order valence-corrected chi connectivity index (χ4v) is 1.46. The van der Waals surface area contributed by atoms with E-state index in [2.05, 4.69) is 5.32 Å². The van der Waals surface area contributed by atoms with Crippen LogP contribution in [0.3, 0.4) is 0 Å². The third-order valence-corrected chi connectivity index (χ3v) is 2.31. The Balaban J connectivity index is 2.31. The van der Waals surface area contributed by atoms with Crippen molar-refractivity contribution in [2.24, 2.45) is 0 Å². The number of amides is 1. The Hall–Kier alpha value is -2.30. The molecule has 1 N–H and O–H groups in total. The van der Waals surface area contributed by atoms with Gasteiger partial charge in [-0.2, -0.15) is 0 Å². The molecular formula is C13H8F3NO. The highest BCUT2D eigenvalue weighted by Crippen LogP contribution is 2.17. The van der Waals surface area contributed by atoms with E-state index in [4.69, 9.17) is 0 Å². The van der Waals surface area contributed by atoms with Crippen LogP contribution in [-0.4, -0.2) is 5.91 Å². The van der Waals surface area contributed by atoms with Crippen LogP contribution < -0.4 is 5.32 Å². The van der Waals surface area contributed by atoms with Gasteiger partial charge in [-0.15, -0.1) is 0 Å². The molecule has 0 saturated heterocycles. The van der Waals surface area contributed by atoms with E-state index in [1.807, 2.05) is 0 Å². The second kappa shape index (κ2) is 4.91. The van der Waals surface area contributed by atoms with Crippen LogP contribution in [0.5, 0.6) is 0 Å². The van der Waals surface area contributed by atoms with Gasteiger partial charge in [-0.05, 0) is 24.3 Å². The summed E-state index contributed by atoms with van der Waals surface area (Å²) in [6.07, 6.45) is 0. The van der Waals surface area contributed by atoms with Crippen molar-refractivity contribution < 1.29 is 18.0 Å². The Morgan fingerprint density at radius 1 is 0.833 bits per heavy atom. The molecule has 0 fully saturated rings. The second-order valence-electron chi connectivity index (χ2n) is 3.53. The predicted octanol–water partition coefficient (Wildman–Crippen LogP) is 3.36. The van der Waals surface area contributed by atoms with Gasteiger partial charge < -0.3 is 5.32 Å². The predicted molar refractivity (Wildman–Crippen MR) is 60.7 cm³/mol. The Bertz CT molecular complexity index is 578. The maximum Gasteiger partial charge on any atom is 0.261 e. The average Bonchev–Trinajstić information content (AvgIpc) is 2.32. The van der Waals surface area contributed by atoms with Crippen molar-refractivity contribution in [2.75, 3.05) is 5.32 Å². The van der Waals surface area contributed by atoms with E-state index in [1.54, 1.807) is 0 Å². The van der Waals surface area contributed by atoms with E-state index in [0.29, 0.717) is 0 Å². The maximum absolute atomic E-state index is 13.3. The summed E-state index contributed by atoms with van der Waals surface area (Å²) in [4.78, 5) is 11.7. The van der Waals surface area contributed by atoms with Crippen LogP contribution in [0.1, 0.15) is 10.4 Å². The number of benzene rings is 2. The van der Waals surface area contributed by atoms with Crippen molar-refractivity contribution in [1.29, 1.82) is 0 Å². The minimum Gasteiger partial charge on any atom is -0.319 e. The smallest absolute Gasteiger partial charge is 0.261 e. The van der Waals surface area contributed by atoms with Gasteiger partial charge in [-0.3, -0.25) is 4.79 Å². The molecule has 92 valence electrons. The monoisotopic (exact) mass is 251 g/mol. The Labute approximate surface area is 101 Å². The lowest BCUT2D eigenvalue weighted by Gasteiger charge is -2.07. The highest BCUT2D eigenvalue weighted by atomic mass is 19.1. The quantitative estimate of drug-likeness (QED) is 0.871. The largest absolute Gasteiger partial charge is 0.319 e. The van der Waals surface area contributed by atoms with Crippen LogP contribution in [0, 0.1) is 17.5 Å². The molecule has 0 aliphatic carbocycles. The zero-order valence-electron chi connectivity index (χ0n) is 9.08. The van der Waals surface area contributed by atoms with Gasteiger partial charge in [0.05, 0.1) is 5.69 Å². The van der Waals surface area contributed by atoms with Crippen molar-refractivity contribution in [1.82, 2.24) is 0 Å². The second-order valence-corrected chi connectivity index (χ2v) is 3.53. The number of carbonyl (C=O) groups excluding carboxylic acids is 1. The molecule has 0 radical (unpaired) electrons.